The zero-order valence-corrected chi connectivity index (χ0v) is 13.3. The van der Waals surface area contributed by atoms with Gasteiger partial charge in [-0.15, -0.1) is 0 Å². The Balaban J connectivity index is 1.48. The van der Waals surface area contributed by atoms with Crippen molar-refractivity contribution < 1.29 is 13.9 Å². The lowest BCUT2D eigenvalue weighted by atomic mass is 9.97. The maximum absolute atomic E-state index is 13.9. The maximum atomic E-state index is 13.9. The largest absolute Gasteiger partial charge is 0.375 e. The molecule has 2 atom stereocenters. The van der Waals surface area contributed by atoms with E-state index in [-0.39, 0.29) is 23.6 Å². The summed E-state index contributed by atoms with van der Waals surface area (Å²) in [7, 11) is 0. The molecule has 1 amide bonds. The number of hydrogen-bond donors (Lipinski definition) is 0. The Hall–Kier alpha value is -1.46. The number of rotatable bonds is 3. The minimum atomic E-state index is -0.436. The summed E-state index contributed by atoms with van der Waals surface area (Å²) in [6, 6.07) is 6.51. The van der Waals surface area contributed by atoms with Gasteiger partial charge in [-0.25, -0.2) is 4.39 Å². The molecule has 0 unspecified atom stereocenters. The molecule has 1 aromatic carbocycles. The summed E-state index contributed by atoms with van der Waals surface area (Å²) in [5.41, 5.74) is 0.177. The summed E-state index contributed by atoms with van der Waals surface area (Å²) < 4.78 is 19.8. The Kier molecular flexibility index (Phi) is 4.07. The smallest absolute Gasteiger partial charge is 0.256 e. The van der Waals surface area contributed by atoms with Crippen molar-refractivity contribution in [3.8, 4) is 0 Å². The Labute approximate surface area is 136 Å². The summed E-state index contributed by atoms with van der Waals surface area (Å²) in [6.45, 7) is 4.14. The van der Waals surface area contributed by atoms with E-state index in [0.29, 0.717) is 13.1 Å². The van der Waals surface area contributed by atoms with Crippen molar-refractivity contribution in [2.75, 3.05) is 32.8 Å². The van der Waals surface area contributed by atoms with Crippen molar-refractivity contribution in [1.82, 2.24) is 9.80 Å². The topological polar surface area (TPSA) is 32.8 Å². The minimum absolute atomic E-state index is 0.177. The summed E-state index contributed by atoms with van der Waals surface area (Å²) in [5, 5.41) is 0. The molecule has 3 aliphatic rings. The van der Waals surface area contributed by atoms with Crippen molar-refractivity contribution in [3.63, 3.8) is 0 Å². The van der Waals surface area contributed by atoms with E-state index in [9.17, 15) is 9.18 Å². The van der Waals surface area contributed by atoms with Crippen molar-refractivity contribution in [3.05, 3.63) is 35.6 Å². The Morgan fingerprint density at radius 2 is 2.04 bits per heavy atom. The first-order chi connectivity index (χ1) is 11.2. The van der Waals surface area contributed by atoms with Crippen LogP contribution in [-0.2, 0) is 4.74 Å². The molecule has 0 aromatic heterocycles. The summed E-state index contributed by atoms with van der Waals surface area (Å²) >= 11 is 0. The number of nitrogens with zero attached hydrogens (tertiary/aromatic N) is 2. The summed E-state index contributed by atoms with van der Waals surface area (Å²) in [6.07, 6.45) is 3.71. The lowest BCUT2D eigenvalue weighted by Gasteiger charge is -2.47. The first-order valence-corrected chi connectivity index (χ1v) is 8.62. The second-order valence-corrected chi connectivity index (χ2v) is 6.93. The third kappa shape index (κ3) is 3.12. The fourth-order valence-electron chi connectivity index (χ4n) is 3.79. The maximum Gasteiger partial charge on any atom is 0.256 e. The van der Waals surface area contributed by atoms with Gasteiger partial charge in [0.25, 0.3) is 5.91 Å². The molecule has 0 bridgehead atoms. The van der Waals surface area contributed by atoms with Gasteiger partial charge >= 0.3 is 0 Å². The van der Waals surface area contributed by atoms with E-state index >= 15 is 0 Å². The average Bonchev–Trinajstić information content (AvgIpc) is 3.39. The predicted octanol–water partition coefficient (Wildman–Crippen LogP) is 2.15. The summed E-state index contributed by atoms with van der Waals surface area (Å²) in [5.74, 6) is 0.194. The quantitative estimate of drug-likeness (QED) is 0.856. The van der Waals surface area contributed by atoms with Crippen LogP contribution in [-0.4, -0.2) is 60.6 Å². The molecule has 1 saturated carbocycles. The number of benzene rings is 1. The van der Waals surface area contributed by atoms with E-state index in [0.717, 1.165) is 32.0 Å². The highest BCUT2D eigenvalue weighted by molar-refractivity contribution is 5.94. The van der Waals surface area contributed by atoms with Crippen molar-refractivity contribution in [2.45, 2.75) is 31.4 Å². The number of amides is 1. The summed E-state index contributed by atoms with van der Waals surface area (Å²) in [4.78, 5) is 17.0. The van der Waals surface area contributed by atoms with Crippen molar-refractivity contribution in [2.24, 2.45) is 5.92 Å². The van der Waals surface area contributed by atoms with Crippen LogP contribution >= 0.6 is 0 Å². The first-order valence-electron chi connectivity index (χ1n) is 8.62. The monoisotopic (exact) mass is 318 g/mol. The molecular weight excluding hydrogens is 295 g/mol. The SMILES string of the molecule is O=C(c1ccccc1F)N1CC[C@@H]2OCCN(CC3CC3)[C@H]2C1. The number of hydrogen-bond acceptors (Lipinski definition) is 3. The van der Waals surface area contributed by atoms with Gasteiger partial charge in [-0.3, -0.25) is 9.69 Å². The van der Waals surface area contributed by atoms with Gasteiger partial charge in [-0.2, -0.15) is 0 Å². The lowest BCUT2D eigenvalue weighted by Crippen LogP contribution is -2.61. The molecule has 4 nitrogen and oxygen atoms in total. The van der Waals surface area contributed by atoms with Gasteiger partial charge in [0, 0.05) is 26.2 Å². The molecule has 4 rings (SSSR count). The van der Waals surface area contributed by atoms with Crippen LogP contribution in [0.4, 0.5) is 4.39 Å². The van der Waals surface area contributed by atoms with Crippen LogP contribution in [0.3, 0.4) is 0 Å². The van der Waals surface area contributed by atoms with Crippen LogP contribution in [0.15, 0.2) is 24.3 Å². The van der Waals surface area contributed by atoms with Gasteiger partial charge in [0.15, 0.2) is 0 Å². The van der Waals surface area contributed by atoms with E-state index in [2.05, 4.69) is 4.90 Å². The number of ether oxygens (including phenoxy) is 1. The van der Waals surface area contributed by atoms with E-state index < -0.39 is 5.82 Å². The number of morpholine rings is 1. The van der Waals surface area contributed by atoms with Crippen LogP contribution in [0.25, 0.3) is 0 Å². The van der Waals surface area contributed by atoms with Crippen LogP contribution in [0.2, 0.25) is 0 Å². The fraction of sp³-hybridized carbons (Fsp3) is 0.611. The molecule has 0 N–H and O–H groups in total. The van der Waals surface area contributed by atoms with E-state index in [4.69, 9.17) is 4.74 Å². The zero-order valence-electron chi connectivity index (χ0n) is 13.3. The van der Waals surface area contributed by atoms with Gasteiger partial charge in [0.05, 0.1) is 24.3 Å². The number of carbonyl (C=O) groups is 1. The highest BCUT2D eigenvalue weighted by Gasteiger charge is 2.40. The standard InChI is InChI=1S/C18H23FN2O2/c19-15-4-2-1-3-14(15)18(22)21-8-7-17-16(12-21)20(9-10-23-17)11-13-5-6-13/h1-4,13,16-17H,5-12H2/t16-,17-/m0/s1. The van der Waals surface area contributed by atoms with Gasteiger partial charge < -0.3 is 9.64 Å². The third-order valence-corrected chi connectivity index (χ3v) is 5.28. The molecule has 0 spiro atoms. The van der Waals surface area contributed by atoms with Crippen LogP contribution in [0, 0.1) is 11.7 Å². The number of fused-ring (bicyclic) bond motifs is 1. The van der Waals surface area contributed by atoms with Gasteiger partial charge in [0.2, 0.25) is 0 Å². The molecule has 5 heteroatoms. The minimum Gasteiger partial charge on any atom is -0.375 e. The van der Waals surface area contributed by atoms with E-state index in [1.807, 2.05) is 0 Å². The second kappa shape index (κ2) is 6.21. The zero-order chi connectivity index (χ0) is 15.8. The molecule has 124 valence electrons. The molecule has 2 saturated heterocycles. The van der Waals surface area contributed by atoms with Gasteiger partial charge in [0.1, 0.15) is 5.82 Å². The van der Waals surface area contributed by atoms with Gasteiger partial charge in [-0.05, 0) is 37.3 Å². The highest BCUT2D eigenvalue weighted by Crippen LogP contribution is 2.33. The van der Waals surface area contributed by atoms with Crippen LogP contribution in [0.1, 0.15) is 29.6 Å². The average molecular weight is 318 g/mol. The molecule has 1 aliphatic carbocycles. The Morgan fingerprint density at radius 1 is 1.22 bits per heavy atom. The number of carbonyl (C=O) groups excluding carboxylic acids is 1. The molecule has 2 aliphatic heterocycles. The first kappa shape index (κ1) is 15.1. The molecular formula is C18H23FN2O2. The molecule has 23 heavy (non-hydrogen) atoms. The number of piperidine rings is 1. The second-order valence-electron chi connectivity index (χ2n) is 6.93. The molecule has 0 radical (unpaired) electrons. The van der Waals surface area contributed by atoms with E-state index in [1.165, 1.54) is 18.9 Å². The van der Waals surface area contributed by atoms with Crippen LogP contribution in [0.5, 0.6) is 0 Å². The normalized spacial score (nSPS) is 28.5. The third-order valence-electron chi connectivity index (χ3n) is 5.28. The number of halogens is 1. The molecule has 2 heterocycles. The lowest BCUT2D eigenvalue weighted by molar-refractivity contribution is -0.0989. The van der Waals surface area contributed by atoms with Crippen molar-refractivity contribution in [1.29, 1.82) is 0 Å². The highest BCUT2D eigenvalue weighted by atomic mass is 19.1. The predicted molar refractivity (Wildman–Crippen MR) is 84.7 cm³/mol. The molecule has 3 fully saturated rings. The van der Waals surface area contributed by atoms with Crippen molar-refractivity contribution >= 4 is 5.91 Å². The Morgan fingerprint density at radius 3 is 2.83 bits per heavy atom. The fourth-order valence-corrected chi connectivity index (χ4v) is 3.79. The molecule has 1 aromatic rings. The Bertz CT molecular complexity index is 590. The number of likely N-dealkylation sites (tertiary alicyclic amines) is 1. The van der Waals surface area contributed by atoms with Gasteiger partial charge in [-0.1, -0.05) is 12.1 Å². The van der Waals surface area contributed by atoms with Crippen LogP contribution < -0.4 is 0 Å². The van der Waals surface area contributed by atoms with E-state index in [1.54, 1.807) is 23.1 Å².